The molecule has 1 rings (SSSR count). The fraction of sp³-hybridized carbons (Fsp3) is 0.333. The molecule has 0 aliphatic carbocycles. The molecule has 0 aromatic heterocycles. The first-order chi connectivity index (χ1) is 6.02. The molecule has 0 bridgehead atoms. The van der Waals surface area contributed by atoms with Gasteiger partial charge in [-0.2, -0.15) is 0 Å². The zero-order chi connectivity index (χ0) is 10.0. The van der Waals surface area contributed by atoms with Gasteiger partial charge in [-0.25, -0.2) is 8.78 Å². The fourth-order valence-electron chi connectivity index (χ4n) is 1.02. The summed E-state index contributed by atoms with van der Waals surface area (Å²) in [5.41, 5.74) is 5.25. The van der Waals surface area contributed by atoms with Crippen LogP contribution in [0.25, 0.3) is 0 Å². The maximum Gasteiger partial charge on any atom is 0.129 e. The van der Waals surface area contributed by atoms with Crippen molar-refractivity contribution in [3.63, 3.8) is 0 Å². The third-order valence-electron chi connectivity index (χ3n) is 1.77. The van der Waals surface area contributed by atoms with E-state index < -0.39 is 23.8 Å². The van der Waals surface area contributed by atoms with Crippen LogP contribution < -0.4 is 5.73 Å². The lowest BCUT2D eigenvalue weighted by Crippen LogP contribution is -2.25. The molecule has 3 N–H and O–H groups in total. The zero-order valence-corrected chi connectivity index (χ0v) is 7.17. The number of nitrogens with two attached hydrogens (primary N) is 1. The molecule has 0 aliphatic rings. The lowest BCUT2D eigenvalue weighted by atomic mass is 10.0. The maximum absolute atomic E-state index is 13.0. The molecule has 4 heteroatoms. The monoisotopic (exact) mass is 187 g/mol. The van der Waals surface area contributed by atoms with E-state index in [-0.39, 0.29) is 5.56 Å². The molecule has 0 spiro atoms. The van der Waals surface area contributed by atoms with E-state index in [1.165, 1.54) is 6.92 Å². The van der Waals surface area contributed by atoms with Gasteiger partial charge in [0.25, 0.3) is 0 Å². The van der Waals surface area contributed by atoms with Gasteiger partial charge in [0.15, 0.2) is 0 Å². The van der Waals surface area contributed by atoms with Crippen LogP contribution in [0, 0.1) is 11.6 Å². The van der Waals surface area contributed by atoms with Crippen LogP contribution >= 0.6 is 0 Å². The first-order valence-corrected chi connectivity index (χ1v) is 3.91. The highest BCUT2D eigenvalue weighted by molar-refractivity contribution is 5.21. The Hall–Kier alpha value is -1.00. The van der Waals surface area contributed by atoms with Crippen molar-refractivity contribution in [2.45, 2.75) is 19.1 Å². The van der Waals surface area contributed by atoms with Crippen molar-refractivity contribution >= 4 is 0 Å². The summed E-state index contributed by atoms with van der Waals surface area (Å²) in [6.07, 6.45) is -1.17. The van der Waals surface area contributed by atoms with Crippen LogP contribution in [-0.4, -0.2) is 11.1 Å². The summed E-state index contributed by atoms with van der Waals surface area (Å²) in [4.78, 5) is 0. The van der Waals surface area contributed by atoms with Crippen molar-refractivity contribution in [1.82, 2.24) is 0 Å². The van der Waals surface area contributed by atoms with Gasteiger partial charge in [-0.1, -0.05) is 0 Å². The van der Waals surface area contributed by atoms with Crippen LogP contribution in [0.4, 0.5) is 8.78 Å². The lowest BCUT2D eigenvalue weighted by Gasteiger charge is -2.15. The van der Waals surface area contributed by atoms with Crippen LogP contribution in [0.1, 0.15) is 18.6 Å². The average Bonchev–Trinajstić information content (AvgIpc) is 2.08. The molecule has 0 heterocycles. The van der Waals surface area contributed by atoms with Crippen LogP contribution in [0.3, 0.4) is 0 Å². The van der Waals surface area contributed by atoms with Crippen molar-refractivity contribution in [3.05, 3.63) is 35.4 Å². The van der Waals surface area contributed by atoms with E-state index in [0.717, 1.165) is 18.2 Å². The second-order valence-corrected chi connectivity index (χ2v) is 2.97. The molecule has 72 valence electrons. The van der Waals surface area contributed by atoms with E-state index in [1.807, 2.05) is 0 Å². The average molecular weight is 187 g/mol. The molecule has 13 heavy (non-hydrogen) atoms. The molecule has 0 saturated heterocycles. The largest absolute Gasteiger partial charge is 0.387 e. The number of hydrogen-bond acceptors (Lipinski definition) is 2. The van der Waals surface area contributed by atoms with Crippen molar-refractivity contribution in [2.24, 2.45) is 5.73 Å². The Morgan fingerprint density at radius 3 is 2.54 bits per heavy atom. The minimum Gasteiger partial charge on any atom is -0.387 e. The van der Waals surface area contributed by atoms with Crippen molar-refractivity contribution in [1.29, 1.82) is 0 Å². The Labute approximate surface area is 75.0 Å². The Balaban J connectivity index is 3.05. The molecule has 0 saturated carbocycles. The van der Waals surface area contributed by atoms with Gasteiger partial charge >= 0.3 is 0 Å². The molecular formula is C9H11F2NO. The molecule has 1 aromatic rings. The zero-order valence-electron chi connectivity index (χ0n) is 7.17. The maximum atomic E-state index is 13.0. The summed E-state index contributed by atoms with van der Waals surface area (Å²) in [5.74, 6) is -1.23. The molecule has 2 nitrogen and oxygen atoms in total. The summed E-state index contributed by atoms with van der Waals surface area (Å²) >= 11 is 0. The predicted octanol–water partition coefficient (Wildman–Crippen LogP) is 1.35. The van der Waals surface area contributed by atoms with Crippen LogP contribution in [0.5, 0.6) is 0 Å². The van der Waals surface area contributed by atoms with E-state index in [0.29, 0.717) is 0 Å². The van der Waals surface area contributed by atoms with Crippen molar-refractivity contribution in [2.75, 3.05) is 0 Å². The van der Waals surface area contributed by atoms with Crippen LogP contribution in [-0.2, 0) is 0 Å². The quantitative estimate of drug-likeness (QED) is 0.734. The Bertz CT molecular complexity index is 302. The smallest absolute Gasteiger partial charge is 0.129 e. The number of benzene rings is 1. The van der Waals surface area contributed by atoms with Gasteiger partial charge in [-0.15, -0.1) is 0 Å². The number of aliphatic hydroxyl groups is 1. The van der Waals surface area contributed by atoms with Gasteiger partial charge in [0.1, 0.15) is 11.6 Å². The Kier molecular flexibility index (Phi) is 2.95. The van der Waals surface area contributed by atoms with Crippen molar-refractivity contribution < 1.29 is 13.9 Å². The molecule has 0 amide bonds. The number of halogens is 2. The first-order valence-electron chi connectivity index (χ1n) is 3.91. The minimum absolute atomic E-state index is 0.102. The second kappa shape index (κ2) is 3.81. The molecule has 2 unspecified atom stereocenters. The summed E-state index contributed by atoms with van der Waals surface area (Å²) in [6, 6.07) is 2.28. The van der Waals surface area contributed by atoms with Gasteiger partial charge in [-0.05, 0) is 25.1 Å². The number of aliphatic hydroxyl groups excluding tert-OH is 1. The Morgan fingerprint density at radius 2 is 2.00 bits per heavy atom. The second-order valence-electron chi connectivity index (χ2n) is 2.97. The van der Waals surface area contributed by atoms with Gasteiger partial charge in [0.2, 0.25) is 0 Å². The normalized spacial score (nSPS) is 15.5. The molecule has 0 aliphatic heterocycles. The molecule has 2 atom stereocenters. The standard InChI is InChI=1S/C9H11F2NO/c1-5(12)9(13)7-4-6(10)2-3-8(7)11/h2-5,9,13H,12H2,1H3. The van der Waals surface area contributed by atoms with Crippen LogP contribution in [0.15, 0.2) is 18.2 Å². The fourth-order valence-corrected chi connectivity index (χ4v) is 1.02. The third-order valence-corrected chi connectivity index (χ3v) is 1.77. The summed E-state index contributed by atoms with van der Waals surface area (Å²) in [7, 11) is 0. The van der Waals surface area contributed by atoms with Gasteiger partial charge in [0, 0.05) is 11.6 Å². The summed E-state index contributed by atoms with van der Waals surface area (Å²) in [6.45, 7) is 1.52. The molecule has 0 fully saturated rings. The van der Waals surface area contributed by atoms with Crippen molar-refractivity contribution in [3.8, 4) is 0 Å². The number of hydrogen-bond donors (Lipinski definition) is 2. The third kappa shape index (κ3) is 2.23. The van der Waals surface area contributed by atoms with Gasteiger partial charge in [-0.3, -0.25) is 0 Å². The van der Waals surface area contributed by atoms with Gasteiger partial charge in [0.05, 0.1) is 6.10 Å². The van der Waals surface area contributed by atoms with E-state index in [4.69, 9.17) is 5.73 Å². The highest BCUT2D eigenvalue weighted by Gasteiger charge is 2.17. The highest BCUT2D eigenvalue weighted by Crippen LogP contribution is 2.19. The van der Waals surface area contributed by atoms with Crippen LogP contribution in [0.2, 0.25) is 0 Å². The molecule has 1 aromatic carbocycles. The SMILES string of the molecule is CC(N)C(O)c1cc(F)ccc1F. The summed E-state index contributed by atoms with van der Waals surface area (Å²) in [5, 5.41) is 9.37. The van der Waals surface area contributed by atoms with E-state index in [9.17, 15) is 13.9 Å². The lowest BCUT2D eigenvalue weighted by molar-refractivity contribution is 0.148. The first kappa shape index (κ1) is 10.1. The van der Waals surface area contributed by atoms with Gasteiger partial charge < -0.3 is 10.8 Å². The van der Waals surface area contributed by atoms with E-state index in [1.54, 1.807) is 0 Å². The molecular weight excluding hydrogens is 176 g/mol. The minimum atomic E-state index is -1.17. The van der Waals surface area contributed by atoms with E-state index >= 15 is 0 Å². The molecule has 0 radical (unpaired) electrons. The summed E-state index contributed by atoms with van der Waals surface area (Å²) < 4.78 is 25.7. The Morgan fingerprint density at radius 1 is 1.38 bits per heavy atom. The topological polar surface area (TPSA) is 46.2 Å². The highest BCUT2D eigenvalue weighted by atomic mass is 19.1. The van der Waals surface area contributed by atoms with E-state index in [2.05, 4.69) is 0 Å². The number of rotatable bonds is 2. The predicted molar refractivity (Wildman–Crippen MR) is 45.0 cm³/mol.